The van der Waals surface area contributed by atoms with Crippen molar-refractivity contribution in [3.8, 4) is 0 Å². The molecule has 0 N–H and O–H groups in total. The van der Waals surface area contributed by atoms with E-state index in [4.69, 9.17) is 4.74 Å². The van der Waals surface area contributed by atoms with Gasteiger partial charge in [0.05, 0.1) is 12.2 Å². The summed E-state index contributed by atoms with van der Waals surface area (Å²) in [6.07, 6.45) is 3.40. The van der Waals surface area contributed by atoms with Crippen LogP contribution in [-0.2, 0) is 4.74 Å². The van der Waals surface area contributed by atoms with Crippen molar-refractivity contribution in [3.63, 3.8) is 0 Å². The average Bonchev–Trinajstić information content (AvgIpc) is 2.40. The minimum absolute atomic E-state index is 0.131. The molecular weight excluding hydrogens is 235 g/mol. The second-order valence-corrected chi connectivity index (χ2v) is 4.64. The fraction of sp³-hybridized carbons (Fsp3) is 0.538. The number of ether oxygens (including phenoxy) is 1. The Morgan fingerprint density at radius 1 is 1.61 bits per heavy atom. The largest absolute Gasteiger partial charge is 0.381 e. The zero-order valence-corrected chi connectivity index (χ0v) is 10.4. The van der Waals surface area contributed by atoms with E-state index in [1.807, 2.05) is 0 Å². The van der Waals surface area contributed by atoms with Crippen LogP contribution in [0.5, 0.6) is 0 Å². The third-order valence-corrected chi connectivity index (χ3v) is 3.11. The molecular formula is C13H17FN2O2. The molecule has 5 heteroatoms. The first-order valence-corrected chi connectivity index (χ1v) is 6.11. The predicted octanol–water partition coefficient (Wildman–Crippen LogP) is 1.72. The lowest BCUT2D eigenvalue weighted by Crippen LogP contribution is -2.35. The van der Waals surface area contributed by atoms with Gasteiger partial charge in [-0.3, -0.25) is 4.79 Å². The fourth-order valence-electron chi connectivity index (χ4n) is 2.14. The molecule has 0 saturated carbocycles. The van der Waals surface area contributed by atoms with Crippen LogP contribution in [-0.4, -0.2) is 42.6 Å². The van der Waals surface area contributed by atoms with Crippen molar-refractivity contribution in [2.45, 2.75) is 12.8 Å². The number of nitrogens with zero attached hydrogens (tertiary/aromatic N) is 2. The standard InChI is InChI=1S/C13H17FN2O2/c1-16(8-10-3-2-6-18-9-10)13(17)11-4-5-12(14)15-7-11/h4-5,7,10H,2-3,6,8-9H2,1H3. The van der Waals surface area contributed by atoms with Crippen LogP contribution in [0, 0.1) is 11.9 Å². The van der Waals surface area contributed by atoms with Gasteiger partial charge >= 0.3 is 0 Å². The van der Waals surface area contributed by atoms with Crippen molar-refractivity contribution in [3.05, 3.63) is 29.8 Å². The monoisotopic (exact) mass is 252 g/mol. The first-order valence-electron chi connectivity index (χ1n) is 6.11. The molecule has 0 aromatic carbocycles. The summed E-state index contributed by atoms with van der Waals surface area (Å²) in [5.41, 5.74) is 0.413. The third-order valence-electron chi connectivity index (χ3n) is 3.11. The van der Waals surface area contributed by atoms with Gasteiger partial charge in [0, 0.05) is 26.4 Å². The van der Waals surface area contributed by atoms with Crippen LogP contribution < -0.4 is 0 Å². The fourth-order valence-corrected chi connectivity index (χ4v) is 2.14. The van der Waals surface area contributed by atoms with Gasteiger partial charge in [0.25, 0.3) is 5.91 Å². The van der Waals surface area contributed by atoms with Gasteiger partial charge in [-0.15, -0.1) is 0 Å². The van der Waals surface area contributed by atoms with Crippen molar-refractivity contribution in [2.75, 3.05) is 26.8 Å². The van der Waals surface area contributed by atoms with E-state index in [0.717, 1.165) is 19.4 Å². The Labute approximate surface area is 106 Å². The number of pyridine rings is 1. The van der Waals surface area contributed by atoms with Gasteiger partial charge in [0.1, 0.15) is 0 Å². The summed E-state index contributed by atoms with van der Waals surface area (Å²) in [6, 6.07) is 2.66. The molecule has 0 aliphatic carbocycles. The maximum atomic E-state index is 12.7. The van der Waals surface area contributed by atoms with Crippen molar-refractivity contribution >= 4 is 5.91 Å². The van der Waals surface area contributed by atoms with Crippen LogP contribution in [0.25, 0.3) is 0 Å². The van der Waals surface area contributed by atoms with Gasteiger partial charge in [-0.25, -0.2) is 4.98 Å². The van der Waals surface area contributed by atoms with Crippen LogP contribution in [0.4, 0.5) is 4.39 Å². The van der Waals surface area contributed by atoms with Gasteiger partial charge < -0.3 is 9.64 Å². The van der Waals surface area contributed by atoms with Gasteiger partial charge in [-0.2, -0.15) is 4.39 Å². The minimum atomic E-state index is -0.574. The number of hydrogen-bond donors (Lipinski definition) is 0. The van der Waals surface area contributed by atoms with Gasteiger partial charge in [-0.1, -0.05) is 0 Å². The summed E-state index contributed by atoms with van der Waals surface area (Å²) in [5.74, 6) is -0.316. The second kappa shape index (κ2) is 5.91. The summed E-state index contributed by atoms with van der Waals surface area (Å²) in [4.78, 5) is 17.2. The summed E-state index contributed by atoms with van der Waals surface area (Å²) in [6.45, 7) is 2.19. The number of hydrogen-bond acceptors (Lipinski definition) is 3. The lowest BCUT2D eigenvalue weighted by molar-refractivity contribution is 0.0388. The number of amides is 1. The van der Waals surface area contributed by atoms with Gasteiger partial charge in [0.2, 0.25) is 5.95 Å². The summed E-state index contributed by atoms with van der Waals surface area (Å²) >= 11 is 0. The highest BCUT2D eigenvalue weighted by atomic mass is 19.1. The zero-order chi connectivity index (χ0) is 13.0. The molecule has 1 atom stereocenters. The van der Waals surface area contributed by atoms with Crippen molar-refractivity contribution in [1.82, 2.24) is 9.88 Å². The number of rotatable bonds is 3. The molecule has 1 aromatic heterocycles. The molecule has 18 heavy (non-hydrogen) atoms. The summed E-state index contributed by atoms with van der Waals surface area (Å²) in [5, 5.41) is 0. The average molecular weight is 252 g/mol. The molecule has 1 aliphatic rings. The van der Waals surface area contributed by atoms with Crippen LogP contribution in [0.3, 0.4) is 0 Å². The highest BCUT2D eigenvalue weighted by Crippen LogP contribution is 2.15. The van der Waals surface area contributed by atoms with Gasteiger partial charge in [-0.05, 0) is 30.9 Å². The Morgan fingerprint density at radius 3 is 3.06 bits per heavy atom. The van der Waals surface area contributed by atoms with Crippen LogP contribution in [0.2, 0.25) is 0 Å². The molecule has 2 rings (SSSR count). The first kappa shape index (κ1) is 13.0. The maximum absolute atomic E-state index is 12.7. The van der Waals surface area contributed by atoms with Crippen molar-refractivity contribution < 1.29 is 13.9 Å². The van der Waals surface area contributed by atoms with Crippen LogP contribution in [0.15, 0.2) is 18.3 Å². The molecule has 4 nitrogen and oxygen atoms in total. The molecule has 1 unspecified atom stereocenters. The number of aromatic nitrogens is 1. The van der Waals surface area contributed by atoms with E-state index in [9.17, 15) is 9.18 Å². The maximum Gasteiger partial charge on any atom is 0.255 e. The van der Waals surface area contributed by atoms with E-state index in [1.165, 1.54) is 18.3 Å². The predicted molar refractivity (Wildman–Crippen MR) is 64.7 cm³/mol. The molecule has 1 saturated heterocycles. The lowest BCUT2D eigenvalue weighted by atomic mass is 10.0. The smallest absolute Gasteiger partial charge is 0.255 e. The van der Waals surface area contributed by atoms with E-state index >= 15 is 0 Å². The summed E-state index contributed by atoms with van der Waals surface area (Å²) in [7, 11) is 1.75. The first-order chi connectivity index (χ1) is 8.66. The van der Waals surface area contributed by atoms with Crippen LogP contribution >= 0.6 is 0 Å². The van der Waals surface area contributed by atoms with E-state index < -0.39 is 5.95 Å². The molecule has 1 aliphatic heterocycles. The molecule has 98 valence electrons. The van der Waals surface area contributed by atoms with Gasteiger partial charge in [0.15, 0.2) is 0 Å². The lowest BCUT2D eigenvalue weighted by Gasteiger charge is -2.27. The molecule has 0 spiro atoms. The molecule has 2 heterocycles. The minimum Gasteiger partial charge on any atom is -0.381 e. The number of carbonyl (C=O) groups is 1. The Balaban J connectivity index is 1.93. The van der Waals surface area contributed by atoms with E-state index in [-0.39, 0.29) is 5.91 Å². The summed E-state index contributed by atoms with van der Waals surface area (Å²) < 4.78 is 18.1. The van der Waals surface area contributed by atoms with E-state index in [0.29, 0.717) is 24.6 Å². The van der Waals surface area contributed by atoms with E-state index in [2.05, 4.69) is 4.98 Å². The quantitative estimate of drug-likeness (QED) is 0.769. The van der Waals surface area contributed by atoms with Crippen molar-refractivity contribution in [2.24, 2.45) is 5.92 Å². The van der Waals surface area contributed by atoms with E-state index in [1.54, 1.807) is 11.9 Å². The Morgan fingerprint density at radius 2 is 2.44 bits per heavy atom. The molecule has 1 amide bonds. The molecule has 0 radical (unpaired) electrons. The highest BCUT2D eigenvalue weighted by Gasteiger charge is 2.19. The SMILES string of the molecule is CN(CC1CCCOC1)C(=O)c1ccc(F)nc1. The molecule has 0 bridgehead atoms. The topological polar surface area (TPSA) is 42.4 Å². The van der Waals surface area contributed by atoms with Crippen molar-refractivity contribution in [1.29, 1.82) is 0 Å². The Hall–Kier alpha value is -1.49. The Kier molecular flexibility index (Phi) is 4.25. The van der Waals surface area contributed by atoms with Crippen LogP contribution in [0.1, 0.15) is 23.2 Å². The molecule has 1 aromatic rings. The Bertz CT molecular complexity index is 402. The number of carbonyl (C=O) groups excluding carboxylic acids is 1. The molecule has 1 fully saturated rings. The second-order valence-electron chi connectivity index (χ2n) is 4.64. The normalized spacial score (nSPS) is 19.6. The number of halogens is 1. The zero-order valence-electron chi connectivity index (χ0n) is 10.4. The highest BCUT2D eigenvalue weighted by molar-refractivity contribution is 5.93. The third kappa shape index (κ3) is 3.26.